The zero-order chi connectivity index (χ0) is 18.0. The van der Waals surface area contributed by atoms with Crippen LogP contribution in [0.5, 0.6) is 0 Å². The summed E-state index contributed by atoms with van der Waals surface area (Å²) in [6, 6.07) is 16.5. The van der Waals surface area contributed by atoms with E-state index in [4.69, 9.17) is 0 Å². The van der Waals surface area contributed by atoms with Crippen molar-refractivity contribution in [2.45, 2.75) is 39.3 Å². The molecule has 0 amide bonds. The molecule has 3 aromatic rings. The fraction of sp³-hybridized carbons (Fsp3) is 0.300. The number of hydrogen-bond donors (Lipinski definition) is 0. The summed E-state index contributed by atoms with van der Waals surface area (Å²) in [7, 11) is -3.33. The molecule has 0 atom stereocenters. The predicted octanol–water partition coefficient (Wildman–Crippen LogP) is 4.37. The lowest BCUT2D eigenvalue weighted by Gasteiger charge is -2.13. The molecule has 130 valence electrons. The molecule has 0 nitrogen and oxygen atoms in total. The minimum Gasteiger partial charge on any atom is -0.140 e. The minimum atomic E-state index is -1.26. The van der Waals surface area contributed by atoms with Crippen LogP contribution in [0.25, 0.3) is 9.75 Å². The van der Waals surface area contributed by atoms with E-state index in [1.165, 1.54) is 0 Å². The van der Waals surface area contributed by atoms with Crippen LogP contribution in [0.15, 0.2) is 42.5 Å². The van der Waals surface area contributed by atoms with E-state index in [-0.39, 0.29) is 0 Å². The fourth-order valence-electron chi connectivity index (χ4n) is 3.29. The summed E-state index contributed by atoms with van der Waals surface area (Å²) in [5.74, 6) is 0. The molecule has 0 saturated carbocycles. The van der Waals surface area contributed by atoms with Crippen LogP contribution in [0, 0.1) is 0 Å². The first kappa shape index (κ1) is 17.9. The lowest BCUT2D eigenvalue weighted by molar-refractivity contribution is 1.77. The number of fused-ring (bicyclic) bond motifs is 3. The van der Waals surface area contributed by atoms with Gasteiger partial charge in [0.15, 0.2) is 0 Å². The van der Waals surface area contributed by atoms with Crippen LogP contribution in [-0.2, 0) is 0 Å². The molecule has 3 heterocycles. The van der Waals surface area contributed by atoms with E-state index in [0.29, 0.717) is 0 Å². The molecular formula is C20H26PS2Si2+. The van der Waals surface area contributed by atoms with Crippen molar-refractivity contribution in [1.29, 1.82) is 0 Å². The Labute approximate surface area is 162 Å². The highest BCUT2D eigenvalue weighted by Gasteiger charge is 2.43. The van der Waals surface area contributed by atoms with Gasteiger partial charge < -0.3 is 0 Å². The van der Waals surface area contributed by atoms with E-state index < -0.39 is 24.1 Å². The Kier molecular flexibility index (Phi) is 4.29. The molecule has 0 unspecified atom stereocenters. The second-order valence-electron chi connectivity index (χ2n) is 8.95. The highest BCUT2D eigenvalue weighted by Crippen LogP contribution is 2.49. The number of rotatable bonds is 3. The van der Waals surface area contributed by atoms with Gasteiger partial charge in [-0.05, 0) is 33.3 Å². The van der Waals surface area contributed by atoms with Crippen LogP contribution in [0.2, 0.25) is 39.3 Å². The van der Waals surface area contributed by atoms with E-state index in [1.807, 2.05) is 0 Å². The maximum Gasteiger partial charge on any atom is 0.121 e. The minimum absolute atomic E-state index is 0.815. The van der Waals surface area contributed by atoms with Crippen molar-refractivity contribution >= 4 is 71.7 Å². The lowest BCUT2D eigenvalue weighted by Crippen LogP contribution is -2.36. The van der Waals surface area contributed by atoms with Crippen molar-refractivity contribution in [1.82, 2.24) is 0 Å². The van der Waals surface area contributed by atoms with Crippen LogP contribution >= 0.6 is 30.6 Å². The molecule has 0 aliphatic carbocycles. The summed E-state index contributed by atoms with van der Waals surface area (Å²) in [6.07, 6.45) is 0. The van der Waals surface area contributed by atoms with Crippen molar-refractivity contribution < 1.29 is 0 Å². The van der Waals surface area contributed by atoms with Crippen molar-refractivity contribution in [2.24, 2.45) is 0 Å². The second-order valence-corrected chi connectivity index (χ2v) is 24.3. The first-order chi connectivity index (χ1) is 11.7. The van der Waals surface area contributed by atoms with E-state index in [0.717, 1.165) is 0 Å². The number of benzene rings is 1. The molecule has 1 aliphatic rings. The average molecular weight is 418 g/mol. The van der Waals surface area contributed by atoms with Gasteiger partial charge in [-0.15, -0.1) is 22.7 Å². The van der Waals surface area contributed by atoms with Gasteiger partial charge >= 0.3 is 0 Å². The molecule has 0 spiro atoms. The molecule has 1 aliphatic heterocycles. The monoisotopic (exact) mass is 417 g/mol. The van der Waals surface area contributed by atoms with Crippen LogP contribution < -0.4 is 24.9 Å². The third-order valence-corrected chi connectivity index (χ3v) is 17.5. The van der Waals surface area contributed by atoms with Crippen molar-refractivity contribution in [3.63, 3.8) is 0 Å². The van der Waals surface area contributed by atoms with Gasteiger partial charge in [0.25, 0.3) is 0 Å². The number of thiophene rings is 2. The Bertz CT molecular complexity index is 869. The molecule has 0 fully saturated rings. The van der Waals surface area contributed by atoms with Gasteiger partial charge in [0.2, 0.25) is 0 Å². The third-order valence-electron chi connectivity index (χ3n) is 4.75. The molecule has 5 heteroatoms. The smallest absolute Gasteiger partial charge is 0.121 e. The van der Waals surface area contributed by atoms with Crippen LogP contribution in [-0.4, -0.2) is 16.1 Å². The highest BCUT2D eigenvalue weighted by molar-refractivity contribution is 7.82. The van der Waals surface area contributed by atoms with Crippen molar-refractivity contribution in [2.75, 3.05) is 0 Å². The zero-order valence-electron chi connectivity index (χ0n) is 15.9. The summed E-state index contributed by atoms with van der Waals surface area (Å²) in [5.41, 5.74) is 0. The predicted molar refractivity (Wildman–Crippen MR) is 127 cm³/mol. The molecule has 25 heavy (non-hydrogen) atoms. The fourth-order valence-corrected chi connectivity index (χ4v) is 13.6. The Morgan fingerprint density at radius 3 is 1.52 bits per heavy atom. The summed E-state index contributed by atoms with van der Waals surface area (Å²) in [5, 5.41) is 4.89. The van der Waals surface area contributed by atoms with Gasteiger partial charge in [0, 0.05) is 0 Å². The second kappa shape index (κ2) is 6.00. The normalized spacial score (nSPS) is 14.6. The van der Waals surface area contributed by atoms with Crippen molar-refractivity contribution in [3.05, 3.63) is 42.5 Å². The van der Waals surface area contributed by atoms with Gasteiger partial charge in [-0.25, -0.2) is 0 Å². The quantitative estimate of drug-likeness (QED) is 0.343. The van der Waals surface area contributed by atoms with E-state index in [9.17, 15) is 0 Å². The van der Waals surface area contributed by atoms with Crippen LogP contribution in [0.3, 0.4) is 0 Å². The van der Waals surface area contributed by atoms with Crippen LogP contribution in [0.4, 0.5) is 0 Å². The summed E-state index contributed by atoms with van der Waals surface area (Å²) >= 11 is 4.21. The van der Waals surface area contributed by atoms with Gasteiger partial charge in [0.05, 0.1) is 25.9 Å². The van der Waals surface area contributed by atoms with E-state index in [1.54, 1.807) is 34.7 Å². The maximum atomic E-state index is 2.59. The van der Waals surface area contributed by atoms with Crippen LogP contribution in [0.1, 0.15) is 0 Å². The lowest BCUT2D eigenvalue weighted by atomic mass is 10.4. The Morgan fingerprint density at radius 1 is 0.680 bits per heavy atom. The molecule has 0 radical (unpaired) electrons. The molecule has 0 saturated heterocycles. The van der Waals surface area contributed by atoms with E-state index in [2.05, 4.69) is 104 Å². The SMILES string of the molecule is C[Si](C)(C)c1cc2c(s1)-c1sc([Si](C)(C)C)cc1[PH+]2c1ccccc1. The molecule has 0 bridgehead atoms. The Hall–Kier alpha value is -0.516. The first-order valence-electron chi connectivity index (χ1n) is 8.88. The topological polar surface area (TPSA) is 0 Å². The average Bonchev–Trinajstić information content (AvgIpc) is 3.16. The molecular weight excluding hydrogens is 392 g/mol. The Balaban J connectivity index is 1.95. The standard InChI is InChI=1S/C20H25PS2Si2/c1-24(2,3)17-12-15-19(22-17)20-16(13-18(23-20)25(4,5)6)21(15)14-10-8-7-9-11-14/h7-13H,1-6H3/p+1. The molecule has 4 rings (SSSR count). The molecule has 1 aromatic carbocycles. The maximum absolute atomic E-state index is 2.59. The molecule has 2 aromatic heterocycles. The zero-order valence-corrected chi connectivity index (χ0v) is 20.5. The van der Waals surface area contributed by atoms with E-state index >= 15 is 0 Å². The van der Waals surface area contributed by atoms with Gasteiger partial charge in [-0.1, -0.05) is 57.5 Å². The molecule has 0 N–H and O–H groups in total. The summed E-state index contributed by atoms with van der Waals surface area (Å²) in [6.45, 7) is 14.9. The first-order valence-corrected chi connectivity index (χ1v) is 19.0. The summed E-state index contributed by atoms with van der Waals surface area (Å²) in [4.78, 5) is 3.22. The largest absolute Gasteiger partial charge is 0.140 e. The van der Waals surface area contributed by atoms with Gasteiger partial charge in [0.1, 0.15) is 23.8 Å². The summed E-state index contributed by atoms with van der Waals surface area (Å²) < 4.78 is 3.34. The highest BCUT2D eigenvalue weighted by atomic mass is 32.1. The Morgan fingerprint density at radius 2 is 1.12 bits per heavy atom. The van der Waals surface area contributed by atoms with Gasteiger partial charge in [-0.3, -0.25) is 0 Å². The van der Waals surface area contributed by atoms with Gasteiger partial charge in [-0.2, -0.15) is 0 Å². The third kappa shape index (κ3) is 3.06. The van der Waals surface area contributed by atoms with Crippen molar-refractivity contribution in [3.8, 4) is 9.75 Å². The number of hydrogen-bond acceptors (Lipinski definition) is 2.